The Balaban J connectivity index is 2.16. The van der Waals surface area contributed by atoms with Gasteiger partial charge >= 0.3 is 0 Å². The molecule has 108 valence electrons. The Hall–Kier alpha value is -1.04. The van der Waals surface area contributed by atoms with Crippen molar-refractivity contribution >= 4 is 0 Å². The van der Waals surface area contributed by atoms with Crippen molar-refractivity contribution in [3.8, 4) is 0 Å². The Morgan fingerprint density at radius 2 is 1.70 bits per heavy atom. The Kier molecular flexibility index (Phi) is 3.31. The van der Waals surface area contributed by atoms with Crippen LogP contribution >= 0.6 is 0 Å². The molecule has 0 saturated heterocycles. The fourth-order valence-electron chi connectivity index (χ4n) is 4.90. The maximum Gasteiger partial charge on any atom is 0.00462 e. The van der Waals surface area contributed by atoms with Crippen molar-refractivity contribution in [3.63, 3.8) is 0 Å². The van der Waals surface area contributed by atoms with Crippen LogP contribution in [0.4, 0.5) is 0 Å². The molecule has 20 heavy (non-hydrogen) atoms. The summed E-state index contributed by atoms with van der Waals surface area (Å²) in [5, 5.41) is 0. The van der Waals surface area contributed by atoms with Crippen LogP contribution in [0.5, 0.6) is 0 Å². The van der Waals surface area contributed by atoms with Gasteiger partial charge in [-0.05, 0) is 36.5 Å². The molecule has 0 heteroatoms. The van der Waals surface area contributed by atoms with Crippen LogP contribution < -0.4 is 0 Å². The van der Waals surface area contributed by atoms with Crippen molar-refractivity contribution in [2.24, 2.45) is 35.0 Å². The standard InChI is InChI=1S/C20H28/c1-13-9-8-12-17-18(13)14(2)15-10-6-7-11-16(15)19(17)20(3,4)5/h6-8,10-13,15-17,19H,9H2,1-5H3. The first-order valence-electron chi connectivity index (χ1n) is 8.13. The van der Waals surface area contributed by atoms with Crippen LogP contribution in [0, 0.1) is 35.0 Å². The largest absolute Gasteiger partial charge is 0.0873 e. The van der Waals surface area contributed by atoms with Gasteiger partial charge in [-0.2, -0.15) is 0 Å². The molecule has 0 spiro atoms. The first-order valence-corrected chi connectivity index (χ1v) is 8.13. The van der Waals surface area contributed by atoms with E-state index in [-0.39, 0.29) is 0 Å². The molecule has 0 fully saturated rings. The van der Waals surface area contributed by atoms with Crippen molar-refractivity contribution in [3.05, 3.63) is 47.6 Å². The van der Waals surface area contributed by atoms with E-state index in [1.165, 1.54) is 6.42 Å². The fourth-order valence-corrected chi connectivity index (χ4v) is 4.90. The predicted molar refractivity (Wildman–Crippen MR) is 87.3 cm³/mol. The van der Waals surface area contributed by atoms with Crippen molar-refractivity contribution in [1.29, 1.82) is 0 Å². The minimum Gasteiger partial charge on any atom is -0.0873 e. The average Bonchev–Trinajstić information content (AvgIpc) is 2.37. The van der Waals surface area contributed by atoms with E-state index >= 15 is 0 Å². The summed E-state index contributed by atoms with van der Waals surface area (Å²) < 4.78 is 0. The summed E-state index contributed by atoms with van der Waals surface area (Å²) in [5.74, 6) is 3.38. The van der Waals surface area contributed by atoms with Crippen LogP contribution in [-0.2, 0) is 0 Å². The molecule has 0 amide bonds. The number of fused-ring (bicyclic) bond motifs is 2. The van der Waals surface area contributed by atoms with Crippen molar-refractivity contribution in [1.82, 2.24) is 0 Å². The van der Waals surface area contributed by atoms with Crippen molar-refractivity contribution < 1.29 is 0 Å². The molecule has 5 unspecified atom stereocenters. The van der Waals surface area contributed by atoms with Gasteiger partial charge in [0.05, 0.1) is 0 Å². The lowest BCUT2D eigenvalue weighted by molar-refractivity contribution is 0.111. The molecule has 0 heterocycles. The molecule has 0 aromatic rings. The summed E-state index contributed by atoms with van der Waals surface area (Å²) in [7, 11) is 0. The number of hydrogen-bond donors (Lipinski definition) is 0. The summed E-state index contributed by atoms with van der Waals surface area (Å²) in [5.41, 5.74) is 3.74. The molecule has 0 aliphatic heterocycles. The quantitative estimate of drug-likeness (QED) is 0.505. The van der Waals surface area contributed by atoms with Crippen LogP contribution in [0.1, 0.15) is 41.0 Å². The van der Waals surface area contributed by atoms with E-state index in [0.717, 1.165) is 5.92 Å². The highest BCUT2D eigenvalue weighted by Gasteiger charge is 2.46. The molecule has 0 saturated carbocycles. The van der Waals surface area contributed by atoms with E-state index in [9.17, 15) is 0 Å². The average molecular weight is 268 g/mol. The highest BCUT2D eigenvalue weighted by Crippen LogP contribution is 2.55. The molecule has 0 radical (unpaired) electrons. The number of allylic oxidation sites excluding steroid dienone is 8. The number of hydrogen-bond acceptors (Lipinski definition) is 0. The van der Waals surface area contributed by atoms with Crippen LogP contribution in [0.3, 0.4) is 0 Å². The maximum atomic E-state index is 2.51. The molecule has 3 aliphatic carbocycles. The lowest BCUT2D eigenvalue weighted by Crippen LogP contribution is -2.43. The highest BCUT2D eigenvalue weighted by atomic mass is 14.5. The molecule has 3 rings (SSSR count). The zero-order chi connectivity index (χ0) is 14.5. The van der Waals surface area contributed by atoms with Gasteiger partial charge in [-0.15, -0.1) is 0 Å². The molecule has 5 atom stereocenters. The Morgan fingerprint density at radius 3 is 2.40 bits per heavy atom. The van der Waals surface area contributed by atoms with Crippen LogP contribution in [0.25, 0.3) is 0 Å². The molecular formula is C20H28. The third kappa shape index (κ3) is 2.05. The minimum absolute atomic E-state index is 0.344. The monoisotopic (exact) mass is 268 g/mol. The Labute approximate surface area is 124 Å². The predicted octanol–water partition coefficient (Wildman–Crippen LogP) is 5.55. The topological polar surface area (TPSA) is 0 Å². The van der Waals surface area contributed by atoms with Gasteiger partial charge in [0.25, 0.3) is 0 Å². The Morgan fingerprint density at radius 1 is 1.00 bits per heavy atom. The first kappa shape index (κ1) is 13.9. The summed E-state index contributed by atoms with van der Waals surface area (Å²) in [4.78, 5) is 0. The van der Waals surface area contributed by atoms with Gasteiger partial charge in [0.15, 0.2) is 0 Å². The second kappa shape index (κ2) is 4.76. The third-order valence-electron chi connectivity index (χ3n) is 5.66. The van der Waals surface area contributed by atoms with Gasteiger partial charge in [0, 0.05) is 11.8 Å². The van der Waals surface area contributed by atoms with Crippen molar-refractivity contribution in [2.75, 3.05) is 0 Å². The first-order chi connectivity index (χ1) is 9.41. The van der Waals surface area contributed by atoms with E-state index in [1.807, 2.05) is 0 Å². The summed E-state index contributed by atoms with van der Waals surface area (Å²) in [6, 6.07) is 0. The van der Waals surface area contributed by atoms with Crippen LogP contribution in [0.15, 0.2) is 47.6 Å². The molecule has 0 N–H and O–H groups in total. The van der Waals surface area contributed by atoms with E-state index in [2.05, 4.69) is 71.1 Å². The molecule has 0 nitrogen and oxygen atoms in total. The lowest BCUT2D eigenvalue weighted by atomic mass is 9.53. The van der Waals surface area contributed by atoms with Crippen LogP contribution in [-0.4, -0.2) is 0 Å². The summed E-state index contributed by atoms with van der Waals surface area (Å²) >= 11 is 0. The van der Waals surface area contributed by atoms with E-state index < -0.39 is 0 Å². The van der Waals surface area contributed by atoms with Crippen LogP contribution in [0.2, 0.25) is 0 Å². The van der Waals surface area contributed by atoms with Gasteiger partial charge in [0.1, 0.15) is 0 Å². The van der Waals surface area contributed by atoms with Gasteiger partial charge in [-0.25, -0.2) is 0 Å². The second-order valence-corrected chi connectivity index (χ2v) is 7.99. The summed E-state index contributed by atoms with van der Waals surface area (Å²) in [6.45, 7) is 12.1. The van der Waals surface area contributed by atoms with Crippen molar-refractivity contribution in [2.45, 2.75) is 41.0 Å². The maximum absolute atomic E-state index is 2.51. The van der Waals surface area contributed by atoms with E-state index in [0.29, 0.717) is 29.1 Å². The SMILES string of the molecule is CC1=C2C(C)CC=CC2C(C(C)(C)C)C2C=CC=CC12. The zero-order valence-electron chi connectivity index (χ0n) is 13.6. The van der Waals surface area contributed by atoms with Gasteiger partial charge in [0.2, 0.25) is 0 Å². The highest BCUT2D eigenvalue weighted by molar-refractivity contribution is 5.38. The second-order valence-electron chi connectivity index (χ2n) is 7.99. The van der Waals surface area contributed by atoms with Gasteiger partial charge in [-0.1, -0.05) is 75.3 Å². The Bertz CT molecular complexity index is 507. The molecule has 0 aromatic carbocycles. The lowest BCUT2D eigenvalue weighted by Gasteiger charge is -2.51. The molecule has 3 aliphatic rings. The smallest absolute Gasteiger partial charge is 0.00462 e. The van der Waals surface area contributed by atoms with Gasteiger partial charge < -0.3 is 0 Å². The minimum atomic E-state index is 0.344. The molecule has 0 bridgehead atoms. The van der Waals surface area contributed by atoms with Gasteiger partial charge in [-0.3, -0.25) is 0 Å². The number of rotatable bonds is 0. The van der Waals surface area contributed by atoms with E-state index in [4.69, 9.17) is 0 Å². The summed E-state index contributed by atoms with van der Waals surface area (Å²) in [6.07, 6.45) is 15.6. The fraction of sp³-hybridized carbons (Fsp3) is 0.600. The molecule has 0 aromatic heterocycles. The molecular weight excluding hydrogens is 240 g/mol. The zero-order valence-corrected chi connectivity index (χ0v) is 13.6. The third-order valence-corrected chi connectivity index (χ3v) is 5.66. The van der Waals surface area contributed by atoms with E-state index in [1.54, 1.807) is 11.1 Å². The normalized spacial score (nSPS) is 39.8.